The third-order valence-electron chi connectivity index (χ3n) is 3.06. The summed E-state index contributed by atoms with van der Waals surface area (Å²) in [6.07, 6.45) is 4.00. The molecule has 0 N–H and O–H groups in total. The Hall–Kier alpha value is -0.980. The van der Waals surface area contributed by atoms with Crippen molar-refractivity contribution in [3.63, 3.8) is 0 Å². The molecule has 2 rings (SSSR count). The van der Waals surface area contributed by atoms with E-state index in [2.05, 4.69) is 45.9 Å². The number of benzene rings is 1. The predicted octanol–water partition coefficient (Wildman–Crippen LogP) is 4.09. The van der Waals surface area contributed by atoms with Gasteiger partial charge in [0.05, 0.1) is 6.10 Å². The summed E-state index contributed by atoms with van der Waals surface area (Å²) in [6, 6.07) is 6.46. The van der Waals surface area contributed by atoms with Crippen molar-refractivity contribution < 1.29 is 4.74 Å². The summed E-state index contributed by atoms with van der Waals surface area (Å²) >= 11 is 0. The fraction of sp³-hybridized carbons (Fsp3) is 0.600. The minimum Gasteiger partial charge on any atom is -0.490 e. The van der Waals surface area contributed by atoms with Crippen LogP contribution in [0.15, 0.2) is 18.2 Å². The van der Waals surface area contributed by atoms with Gasteiger partial charge in [-0.25, -0.2) is 0 Å². The maximum atomic E-state index is 6.03. The van der Waals surface area contributed by atoms with Crippen molar-refractivity contribution in [2.75, 3.05) is 0 Å². The molecule has 0 unspecified atom stereocenters. The smallest absolute Gasteiger partial charge is 0.123 e. The largest absolute Gasteiger partial charge is 0.490 e. The zero-order valence-corrected chi connectivity index (χ0v) is 10.8. The van der Waals surface area contributed by atoms with Crippen LogP contribution in [0.5, 0.6) is 5.75 Å². The summed E-state index contributed by atoms with van der Waals surface area (Å²) in [7, 11) is 0. The molecule has 0 aliphatic heterocycles. The van der Waals surface area contributed by atoms with Crippen molar-refractivity contribution in [2.24, 2.45) is 0 Å². The number of hydrogen-bond acceptors (Lipinski definition) is 1. The Morgan fingerprint density at radius 3 is 2.44 bits per heavy atom. The number of hydrogen-bond donors (Lipinski definition) is 0. The maximum absolute atomic E-state index is 6.03. The van der Waals surface area contributed by atoms with E-state index in [1.807, 2.05) is 0 Å². The summed E-state index contributed by atoms with van der Waals surface area (Å²) < 4.78 is 6.03. The summed E-state index contributed by atoms with van der Waals surface area (Å²) in [5, 5.41) is 0. The van der Waals surface area contributed by atoms with E-state index in [-0.39, 0.29) is 5.41 Å². The molecular formula is C15H22O. The van der Waals surface area contributed by atoms with Gasteiger partial charge in [0.1, 0.15) is 5.75 Å². The highest BCUT2D eigenvalue weighted by Gasteiger charge is 2.28. The SMILES string of the molecule is CCc1cccc(OC2CC2)c1C(C)(C)C. The lowest BCUT2D eigenvalue weighted by Gasteiger charge is -2.26. The Bertz CT molecular complexity index is 370. The Balaban J connectivity index is 2.41. The van der Waals surface area contributed by atoms with Gasteiger partial charge in [0, 0.05) is 5.56 Å². The highest BCUT2D eigenvalue weighted by Crippen LogP contribution is 2.37. The van der Waals surface area contributed by atoms with E-state index >= 15 is 0 Å². The van der Waals surface area contributed by atoms with Gasteiger partial charge in [0.2, 0.25) is 0 Å². The van der Waals surface area contributed by atoms with Crippen LogP contribution in [0.2, 0.25) is 0 Å². The van der Waals surface area contributed by atoms with E-state index in [4.69, 9.17) is 4.74 Å². The van der Waals surface area contributed by atoms with Crippen molar-refractivity contribution >= 4 is 0 Å². The highest BCUT2D eigenvalue weighted by atomic mass is 16.5. The van der Waals surface area contributed by atoms with E-state index < -0.39 is 0 Å². The summed E-state index contributed by atoms with van der Waals surface area (Å²) in [5.41, 5.74) is 2.98. The Morgan fingerprint density at radius 1 is 1.25 bits per heavy atom. The molecule has 16 heavy (non-hydrogen) atoms. The minimum absolute atomic E-state index is 0.164. The molecule has 0 aromatic heterocycles. The fourth-order valence-electron chi connectivity index (χ4n) is 2.19. The van der Waals surface area contributed by atoms with Crippen LogP contribution in [-0.2, 0) is 11.8 Å². The van der Waals surface area contributed by atoms with E-state index in [1.54, 1.807) is 0 Å². The van der Waals surface area contributed by atoms with Crippen LogP contribution in [0.1, 0.15) is 51.7 Å². The van der Waals surface area contributed by atoms with Crippen molar-refractivity contribution in [3.05, 3.63) is 29.3 Å². The normalized spacial score (nSPS) is 16.2. The first-order valence-corrected chi connectivity index (χ1v) is 6.31. The second kappa shape index (κ2) is 4.12. The molecule has 0 heterocycles. The van der Waals surface area contributed by atoms with Gasteiger partial charge in [-0.2, -0.15) is 0 Å². The van der Waals surface area contributed by atoms with Crippen LogP contribution in [0.3, 0.4) is 0 Å². The van der Waals surface area contributed by atoms with Gasteiger partial charge in [0.25, 0.3) is 0 Å². The average Bonchev–Trinajstić information content (AvgIpc) is 2.99. The van der Waals surface area contributed by atoms with E-state index in [1.165, 1.54) is 24.0 Å². The van der Waals surface area contributed by atoms with Crippen LogP contribution in [0.4, 0.5) is 0 Å². The van der Waals surface area contributed by atoms with Crippen molar-refractivity contribution in [1.82, 2.24) is 0 Å². The zero-order chi connectivity index (χ0) is 11.8. The predicted molar refractivity (Wildman–Crippen MR) is 68.2 cm³/mol. The molecule has 1 fully saturated rings. The second-order valence-electron chi connectivity index (χ2n) is 5.71. The molecule has 1 saturated carbocycles. The molecule has 1 nitrogen and oxygen atoms in total. The van der Waals surface area contributed by atoms with Gasteiger partial charge in [-0.15, -0.1) is 0 Å². The zero-order valence-electron chi connectivity index (χ0n) is 10.8. The molecule has 1 aromatic carbocycles. The van der Waals surface area contributed by atoms with Gasteiger partial charge >= 0.3 is 0 Å². The van der Waals surface area contributed by atoms with Crippen LogP contribution in [0.25, 0.3) is 0 Å². The lowest BCUT2D eigenvalue weighted by Crippen LogP contribution is -2.16. The Morgan fingerprint density at radius 2 is 1.94 bits per heavy atom. The molecule has 0 bridgehead atoms. The first kappa shape index (κ1) is 11.5. The first-order chi connectivity index (χ1) is 7.52. The number of aryl methyl sites for hydroxylation is 1. The maximum Gasteiger partial charge on any atom is 0.123 e. The average molecular weight is 218 g/mol. The van der Waals surface area contributed by atoms with Gasteiger partial charge in [-0.3, -0.25) is 0 Å². The van der Waals surface area contributed by atoms with Gasteiger partial charge in [-0.05, 0) is 36.3 Å². The van der Waals surface area contributed by atoms with Gasteiger partial charge < -0.3 is 4.74 Å². The molecule has 1 aliphatic rings. The molecule has 0 radical (unpaired) electrons. The topological polar surface area (TPSA) is 9.23 Å². The second-order valence-corrected chi connectivity index (χ2v) is 5.71. The number of rotatable bonds is 3. The Labute approximate surface area is 98.8 Å². The van der Waals surface area contributed by atoms with Gasteiger partial charge in [0.15, 0.2) is 0 Å². The molecule has 88 valence electrons. The lowest BCUT2D eigenvalue weighted by molar-refractivity contribution is 0.294. The fourth-order valence-corrected chi connectivity index (χ4v) is 2.19. The van der Waals surface area contributed by atoms with Crippen LogP contribution >= 0.6 is 0 Å². The van der Waals surface area contributed by atoms with Crippen molar-refractivity contribution in [1.29, 1.82) is 0 Å². The first-order valence-electron chi connectivity index (χ1n) is 6.31. The molecule has 1 heteroatoms. The van der Waals surface area contributed by atoms with E-state index in [9.17, 15) is 0 Å². The standard InChI is InChI=1S/C15H22O/c1-5-11-7-6-8-13(16-12-9-10-12)14(11)15(2,3)4/h6-8,12H,5,9-10H2,1-4H3. The summed E-state index contributed by atoms with van der Waals surface area (Å²) in [4.78, 5) is 0. The monoisotopic (exact) mass is 218 g/mol. The van der Waals surface area contributed by atoms with Crippen LogP contribution in [-0.4, -0.2) is 6.10 Å². The third-order valence-corrected chi connectivity index (χ3v) is 3.06. The molecule has 0 amide bonds. The minimum atomic E-state index is 0.164. The molecule has 0 spiro atoms. The van der Waals surface area contributed by atoms with Crippen molar-refractivity contribution in [2.45, 2.75) is 58.5 Å². The molecule has 1 aromatic rings. The molecule has 1 aliphatic carbocycles. The molecular weight excluding hydrogens is 196 g/mol. The Kier molecular flexibility index (Phi) is 2.96. The van der Waals surface area contributed by atoms with Crippen LogP contribution < -0.4 is 4.74 Å². The van der Waals surface area contributed by atoms with Crippen LogP contribution in [0, 0.1) is 0 Å². The van der Waals surface area contributed by atoms with Crippen molar-refractivity contribution in [3.8, 4) is 5.75 Å². The summed E-state index contributed by atoms with van der Waals surface area (Å²) in [5.74, 6) is 1.11. The van der Waals surface area contributed by atoms with E-state index in [0.29, 0.717) is 6.10 Å². The molecule has 0 saturated heterocycles. The molecule has 0 atom stereocenters. The highest BCUT2D eigenvalue weighted by molar-refractivity contribution is 5.45. The van der Waals surface area contributed by atoms with Gasteiger partial charge in [-0.1, -0.05) is 39.8 Å². The van der Waals surface area contributed by atoms with E-state index in [0.717, 1.165) is 12.2 Å². The lowest BCUT2D eigenvalue weighted by atomic mass is 9.82. The summed E-state index contributed by atoms with van der Waals surface area (Å²) in [6.45, 7) is 9.01. The third kappa shape index (κ3) is 2.40. The quantitative estimate of drug-likeness (QED) is 0.742. The number of ether oxygens (including phenoxy) is 1.